The molecule has 0 fully saturated rings. The highest BCUT2D eigenvalue weighted by atomic mass is 16.6. The smallest absolute Gasteiger partial charge is 0.306 e. The number of carbonyl (C=O) groups excluding carboxylic acids is 3. The van der Waals surface area contributed by atoms with Gasteiger partial charge < -0.3 is 14.2 Å². The Kier molecular flexibility index (Phi) is 51.2. The summed E-state index contributed by atoms with van der Waals surface area (Å²) in [5.74, 6) is -1.15. The topological polar surface area (TPSA) is 78.9 Å². The number of carbonyl (C=O) groups is 3. The molecule has 0 spiro atoms. The first kappa shape index (κ1) is 63.8. The maximum absolute atomic E-state index is 12.8. The molecule has 0 heterocycles. The van der Waals surface area contributed by atoms with Gasteiger partial charge in [0.05, 0.1) is 0 Å². The van der Waals surface area contributed by atoms with E-state index in [1.54, 1.807) is 0 Å². The number of allylic oxidation sites excluding steroid dienone is 28. The number of ether oxygens (including phenoxy) is 3. The van der Waals surface area contributed by atoms with E-state index in [1.165, 1.54) is 25.7 Å². The Labute approximate surface area is 422 Å². The predicted molar refractivity (Wildman–Crippen MR) is 297 cm³/mol. The lowest BCUT2D eigenvalue weighted by Crippen LogP contribution is -2.30. The molecule has 1 atom stereocenters. The summed E-state index contributed by atoms with van der Waals surface area (Å²) in [5, 5.41) is 0. The van der Waals surface area contributed by atoms with Crippen molar-refractivity contribution in [1.29, 1.82) is 0 Å². The highest BCUT2D eigenvalue weighted by molar-refractivity contribution is 5.71. The van der Waals surface area contributed by atoms with Crippen LogP contribution in [0.4, 0.5) is 0 Å². The van der Waals surface area contributed by atoms with E-state index < -0.39 is 18.0 Å². The lowest BCUT2D eigenvalue weighted by molar-refractivity contribution is -0.166. The molecule has 0 saturated carbocycles. The van der Waals surface area contributed by atoms with E-state index in [4.69, 9.17) is 14.2 Å². The molecule has 0 radical (unpaired) electrons. The van der Waals surface area contributed by atoms with Crippen LogP contribution in [0, 0.1) is 0 Å². The highest BCUT2D eigenvalue weighted by Gasteiger charge is 2.19. The van der Waals surface area contributed by atoms with Crippen LogP contribution in [0.15, 0.2) is 170 Å². The van der Waals surface area contributed by atoms with Crippen molar-refractivity contribution in [3.05, 3.63) is 170 Å². The number of unbranched alkanes of at least 4 members (excludes halogenated alkanes) is 6. The summed E-state index contributed by atoms with van der Waals surface area (Å²) < 4.78 is 16.7. The van der Waals surface area contributed by atoms with Gasteiger partial charge in [0, 0.05) is 19.3 Å². The van der Waals surface area contributed by atoms with Gasteiger partial charge in [0.25, 0.3) is 0 Å². The summed E-state index contributed by atoms with van der Waals surface area (Å²) in [6, 6.07) is 0. The van der Waals surface area contributed by atoms with Gasteiger partial charge in [0.1, 0.15) is 13.2 Å². The molecular weight excluding hydrogens is 853 g/mol. The van der Waals surface area contributed by atoms with Gasteiger partial charge in [-0.25, -0.2) is 0 Å². The number of hydrogen-bond donors (Lipinski definition) is 0. The molecule has 0 N–H and O–H groups in total. The fourth-order valence-corrected chi connectivity index (χ4v) is 6.27. The summed E-state index contributed by atoms with van der Waals surface area (Å²) in [6.45, 7) is 6.20. The Bertz CT molecular complexity index is 1650. The van der Waals surface area contributed by atoms with Gasteiger partial charge in [-0.3, -0.25) is 14.4 Å². The van der Waals surface area contributed by atoms with E-state index in [0.717, 1.165) is 103 Å². The maximum atomic E-state index is 12.8. The van der Waals surface area contributed by atoms with E-state index in [2.05, 4.69) is 179 Å². The van der Waals surface area contributed by atoms with Gasteiger partial charge in [-0.15, -0.1) is 0 Å². The molecule has 0 aromatic heterocycles. The summed E-state index contributed by atoms with van der Waals surface area (Å²) in [6.07, 6.45) is 82.1. The second kappa shape index (κ2) is 55.4. The molecule has 382 valence electrons. The first-order chi connectivity index (χ1) is 34.0. The van der Waals surface area contributed by atoms with Gasteiger partial charge in [-0.05, 0) is 135 Å². The zero-order valence-corrected chi connectivity index (χ0v) is 43.5. The minimum absolute atomic E-state index is 0.154. The van der Waals surface area contributed by atoms with E-state index in [9.17, 15) is 14.4 Å². The fraction of sp³-hybridized carbons (Fsp3) is 0.508. The van der Waals surface area contributed by atoms with Crippen molar-refractivity contribution in [1.82, 2.24) is 0 Å². The van der Waals surface area contributed by atoms with Crippen molar-refractivity contribution in [2.24, 2.45) is 0 Å². The first-order valence-corrected chi connectivity index (χ1v) is 26.6. The molecule has 0 aliphatic heterocycles. The standard InChI is InChI=1S/C63H94O6/c1-4-7-10-13-16-19-22-25-28-30-31-33-35-38-41-44-47-50-53-56-62(65)68-59-60(58-67-61(64)55-52-49-46-43-40-37-34-27-24-21-18-15-12-9-6-3)69-63(66)57-54-51-48-45-42-39-36-32-29-26-23-20-17-14-11-8-5-2/h7,9-10,12,16-21,25-29,31,33-34,36,38-41,43,45,47-48,50,60H,4-6,8,11,13-15,22-24,30,32,35,37,42,44,46,49,51-59H2,1-3H3/b10-7-,12-9-,19-16-,20-17-,21-18-,28-25-,29-26-,33-31-,34-27-,39-36-,41-38-,43-40-,48-45-,50-47-/t60-/m1/s1. The molecule has 6 nitrogen and oxygen atoms in total. The van der Waals surface area contributed by atoms with Crippen molar-refractivity contribution in [3.8, 4) is 0 Å². The van der Waals surface area contributed by atoms with Gasteiger partial charge >= 0.3 is 17.9 Å². The molecule has 0 aliphatic rings. The molecule has 0 aliphatic carbocycles. The Hall–Kier alpha value is -5.23. The van der Waals surface area contributed by atoms with Crippen LogP contribution in [0.3, 0.4) is 0 Å². The second-order valence-corrected chi connectivity index (χ2v) is 16.7. The maximum Gasteiger partial charge on any atom is 0.306 e. The van der Waals surface area contributed by atoms with Crippen molar-refractivity contribution in [2.45, 2.75) is 194 Å². The summed E-state index contributed by atoms with van der Waals surface area (Å²) >= 11 is 0. The molecule has 0 amide bonds. The molecule has 6 heteroatoms. The average molecular weight is 947 g/mol. The van der Waals surface area contributed by atoms with Crippen LogP contribution in [0.5, 0.6) is 0 Å². The Morgan fingerprint density at radius 2 is 0.594 bits per heavy atom. The SMILES string of the molecule is CC/C=C\C/C=C\C/C=C\C/C=C\C/C=C\C/C=C\CCC(=O)OC[C@@H](COC(=O)CCCC/C=C\C/C=C\C/C=C\C/C=C\CC)OC(=O)CCC/C=C\C/C=C\C/C=C\C/C=C\CCCCC. The average Bonchev–Trinajstić information content (AvgIpc) is 3.35. The van der Waals surface area contributed by atoms with Crippen molar-refractivity contribution >= 4 is 17.9 Å². The minimum atomic E-state index is -0.864. The van der Waals surface area contributed by atoms with E-state index in [1.807, 2.05) is 12.2 Å². The zero-order valence-electron chi connectivity index (χ0n) is 43.5. The van der Waals surface area contributed by atoms with E-state index in [-0.39, 0.29) is 38.4 Å². The number of rotatable bonds is 45. The largest absolute Gasteiger partial charge is 0.462 e. The van der Waals surface area contributed by atoms with Crippen molar-refractivity contribution < 1.29 is 28.6 Å². The zero-order chi connectivity index (χ0) is 50.0. The summed E-state index contributed by atoms with van der Waals surface area (Å²) in [7, 11) is 0. The molecule has 0 aromatic carbocycles. The van der Waals surface area contributed by atoms with Crippen LogP contribution in [0.25, 0.3) is 0 Å². The fourth-order valence-electron chi connectivity index (χ4n) is 6.27. The van der Waals surface area contributed by atoms with Crippen molar-refractivity contribution in [3.63, 3.8) is 0 Å². The molecule has 0 saturated heterocycles. The van der Waals surface area contributed by atoms with Crippen LogP contribution in [-0.2, 0) is 28.6 Å². The minimum Gasteiger partial charge on any atom is -0.462 e. The monoisotopic (exact) mass is 947 g/mol. The Balaban J connectivity index is 4.70. The molecule has 0 unspecified atom stereocenters. The highest BCUT2D eigenvalue weighted by Crippen LogP contribution is 2.09. The Morgan fingerprint density at radius 3 is 0.957 bits per heavy atom. The molecule has 0 rings (SSSR count). The van der Waals surface area contributed by atoms with Crippen LogP contribution < -0.4 is 0 Å². The third-order valence-corrected chi connectivity index (χ3v) is 10.2. The second-order valence-electron chi connectivity index (χ2n) is 16.7. The van der Waals surface area contributed by atoms with Crippen LogP contribution in [0.1, 0.15) is 188 Å². The first-order valence-electron chi connectivity index (χ1n) is 26.6. The van der Waals surface area contributed by atoms with Gasteiger partial charge in [-0.1, -0.05) is 204 Å². The van der Waals surface area contributed by atoms with Gasteiger partial charge in [0.2, 0.25) is 0 Å². The van der Waals surface area contributed by atoms with E-state index >= 15 is 0 Å². The molecule has 69 heavy (non-hydrogen) atoms. The summed E-state index contributed by atoms with van der Waals surface area (Å²) in [4.78, 5) is 38.0. The van der Waals surface area contributed by atoms with Gasteiger partial charge in [-0.2, -0.15) is 0 Å². The predicted octanol–water partition coefficient (Wildman–Crippen LogP) is 18.0. The van der Waals surface area contributed by atoms with E-state index in [0.29, 0.717) is 19.3 Å². The number of esters is 3. The molecular formula is C63H94O6. The van der Waals surface area contributed by atoms with Crippen LogP contribution in [0.2, 0.25) is 0 Å². The Morgan fingerprint density at radius 1 is 0.304 bits per heavy atom. The number of hydrogen-bond acceptors (Lipinski definition) is 6. The quantitative estimate of drug-likeness (QED) is 0.0262. The van der Waals surface area contributed by atoms with Crippen molar-refractivity contribution in [2.75, 3.05) is 13.2 Å². The third kappa shape index (κ3) is 53.6. The van der Waals surface area contributed by atoms with Crippen LogP contribution >= 0.6 is 0 Å². The third-order valence-electron chi connectivity index (χ3n) is 10.2. The van der Waals surface area contributed by atoms with Crippen LogP contribution in [-0.4, -0.2) is 37.2 Å². The summed E-state index contributed by atoms with van der Waals surface area (Å²) in [5.41, 5.74) is 0. The normalized spacial score (nSPS) is 13.5. The molecule has 0 bridgehead atoms. The lowest BCUT2D eigenvalue weighted by Gasteiger charge is -2.18. The lowest BCUT2D eigenvalue weighted by atomic mass is 10.2. The molecule has 0 aromatic rings. The van der Waals surface area contributed by atoms with Gasteiger partial charge in [0.15, 0.2) is 6.10 Å².